The van der Waals surface area contributed by atoms with E-state index in [0.717, 1.165) is 6.54 Å². The van der Waals surface area contributed by atoms with Crippen molar-refractivity contribution < 1.29 is 4.79 Å². The molecule has 1 aromatic rings. The topological polar surface area (TPSA) is 32.3 Å². The molecule has 3 rings (SSSR count). The van der Waals surface area contributed by atoms with E-state index in [1.165, 1.54) is 31.2 Å². The van der Waals surface area contributed by atoms with Gasteiger partial charge in [-0.05, 0) is 31.2 Å². The van der Waals surface area contributed by atoms with Gasteiger partial charge in [-0.15, -0.1) is 0 Å². The Balaban J connectivity index is 1.79. The van der Waals surface area contributed by atoms with Crippen LogP contribution in [-0.2, 0) is 4.79 Å². The number of rotatable bonds is 3. The van der Waals surface area contributed by atoms with Crippen LogP contribution in [0, 0.1) is 5.92 Å². The fourth-order valence-electron chi connectivity index (χ4n) is 3.35. The van der Waals surface area contributed by atoms with Crippen molar-refractivity contribution in [2.75, 3.05) is 6.54 Å². The van der Waals surface area contributed by atoms with Crippen molar-refractivity contribution in [1.82, 2.24) is 10.2 Å². The molecule has 1 N–H and O–H groups in total. The van der Waals surface area contributed by atoms with E-state index in [9.17, 15) is 4.79 Å². The maximum absolute atomic E-state index is 12.3. The van der Waals surface area contributed by atoms with Gasteiger partial charge in [-0.3, -0.25) is 10.1 Å². The molecule has 1 aliphatic heterocycles. The van der Waals surface area contributed by atoms with Gasteiger partial charge in [-0.1, -0.05) is 43.2 Å². The number of hydrogen-bond donors (Lipinski definition) is 1. The lowest BCUT2D eigenvalue weighted by Gasteiger charge is -2.27. The average molecular weight is 258 g/mol. The number of hydrogen-bond acceptors (Lipinski definition) is 2. The zero-order valence-corrected chi connectivity index (χ0v) is 11.5. The Hall–Kier alpha value is -1.35. The predicted octanol–water partition coefficient (Wildman–Crippen LogP) is 2.70. The van der Waals surface area contributed by atoms with E-state index in [0.29, 0.717) is 5.92 Å². The summed E-state index contributed by atoms with van der Waals surface area (Å²) in [7, 11) is 0. The van der Waals surface area contributed by atoms with Crippen molar-refractivity contribution in [3.8, 4) is 0 Å². The van der Waals surface area contributed by atoms with Crippen LogP contribution in [0.2, 0.25) is 0 Å². The van der Waals surface area contributed by atoms with E-state index in [1.807, 2.05) is 25.1 Å². The SMILES string of the molecule is CC1NC(c2ccccc2)N(CC2CCCC2)C1=O. The van der Waals surface area contributed by atoms with Crippen LogP contribution in [0.1, 0.15) is 44.3 Å². The summed E-state index contributed by atoms with van der Waals surface area (Å²) in [5.41, 5.74) is 1.19. The second-order valence-electron chi connectivity index (χ2n) is 5.84. The third-order valence-corrected chi connectivity index (χ3v) is 4.42. The van der Waals surface area contributed by atoms with Gasteiger partial charge in [-0.2, -0.15) is 0 Å². The number of amides is 1. The Morgan fingerprint density at radius 1 is 1.21 bits per heavy atom. The molecule has 2 unspecified atom stereocenters. The Kier molecular flexibility index (Phi) is 3.56. The third kappa shape index (κ3) is 2.52. The first kappa shape index (κ1) is 12.7. The number of nitrogens with one attached hydrogen (secondary N) is 1. The summed E-state index contributed by atoms with van der Waals surface area (Å²) in [5.74, 6) is 0.947. The molecule has 1 amide bonds. The summed E-state index contributed by atoms with van der Waals surface area (Å²) in [5, 5.41) is 3.42. The van der Waals surface area contributed by atoms with Crippen molar-refractivity contribution >= 4 is 5.91 Å². The van der Waals surface area contributed by atoms with Crippen molar-refractivity contribution in [1.29, 1.82) is 0 Å². The molecule has 19 heavy (non-hydrogen) atoms. The summed E-state index contributed by atoms with van der Waals surface area (Å²) in [6.45, 7) is 2.88. The summed E-state index contributed by atoms with van der Waals surface area (Å²) in [6, 6.07) is 10.2. The van der Waals surface area contributed by atoms with Crippen LogP contribution in [0.15, 0.2) is 30.3 Å². The molecular weight excluding hydrogens is 236 g/mol. The highest BCUT2D eigenvalue weighted by Crippen LogP contribution is 2.31. The standard InChI is InChI=1S/C16H22N2O/c1-12-16(19)18(11-13-7-5-6-8-13)15(17-12)14-9-3-2-4-10-14/h2-4,9-10,12-13,15,17H,5-8,11H2,1H3. The highest BCUT2D eigenvalue weighted by atomic mass is 16.2. The molecule has 1 heterocycles. The van der Waals surface area contributed by atoms with Crippen molar-refractivity contribution in [3.05, 3.63) is 35.9 Å². The van der Waals surface area contributed by atoms with Gasteiger partial charge in [0.05, 0.1) is 6.04 Å². The van der Waals surface area contributed by atoms with Gasteiger partial charge in [0.25, 0.3) is 0 Å². The molecular formula is C16H22N2O. The van der Waals surface area contributed by atoms with Gasteiger partial charge >= 0.3 is 0 Å². The minimum absolute atomic E-state index is 0.0595. The van der Waals surface area contributed by atoms with Crippen LogP contribution >= 0.6 is 0 Å². The van der Waals surface area contributed by atoms with Crippen LogP contribution in [0.5, 0.6) is 0 Å². The Labute approximate surface area is 115 Å². The van der Waals surface area contributed by atoms with Crippen LogP contribution in [0.3, 0.4) is 0 Å². The third-order valence-electron chi connectivity index (χ3n) is 4.42. The Morgan fingerprint density at radius 3 is 2.58 bits per heavy atom. The second kappa shape index (κ2) is 5.33. The molecule has 3 heteroatoms. The van der Waals surface area contributed by atoms with Crippen LogP contribution in [-0.4, -0.2) is 23.4 Å². The van der Waals surface area contributed by atoms with E-state index in [4.69, 9.17) is 0 Å². The van der Waals surface area contributed by atoms with Gasteiger partial charge in [0, 0.05) is 6.54 Å². The molecule has 2 fully saturated rings. The van der Waals surface area contributed by atoms with Crippen LogP contribution in [0.4, 0.5) is 0 Å². The van der Waals surface area contributed by atoms with E-state index >= 15 is 0 Å². The molecule has 1 saturated carbocycles. The Morgan fingerprint density at radius 2 is 1.89 bits per heavy atom. The van der Waals surface area contributed by atoms with E-state index < -0.39 is 0 Å². The molecule has 0 radical (unpaired) electrons. The highest BCUT2D eigenvalue weighted by molar-refractivity contribution is 5.84. The fourth-order valence-corrected chi connectivity index (χ4v) is 3.35. The number of carbonyl (C=O) groups is 1. The zero-order valence-electron chi connectivity index (χ0n) is 11.5. The minimum atomic E-state index is -0.0633. The van der Waals surface area contributed by atoms with E-state index in [-0.39, 0.29) is 18.1 Å². The maximum atomic E-state index is 12.3. The summed E-state index contributed by atoms with van der Waals surface area (Å²) in [4.78, 5) is 14.4. The maximum Gasteiger partial charge on any atom is 0.241 e. The first-order valence-corrected chi connectivity index (χ1v) is 7.37. The van der Waals surface area contributed by atoms with Gasteiger partial charge in [0.15, 0.2) is 0 Å². The summed E-state index contributed by atoms with van der Waals surface area (Å²) in [6.07, 6.45) is 5.26. The molecule has 102 valence electrons. The Bertz CT molecular complexity index is 439. The van der Waals surface area contributed by atoms with E-state index in [1.54, 1.807) is 0 Å². The number of benzene rings is 1. The normalized spacial score (nSPS) is 28.3. The van der Waals surface area contributed by atoms with Crippen molar-refractivity contribution in [2.24, 2.45) is 5.92 Å². The zero-order chi connectivity index (χ0) is 13.2. The van der Waals surface area contributed by atoms with Gasteiger partial charge in [0.2, 0.25) is 5.91 Å². The number of carbonyl (C=O) groups excluding carboxylic acids is 1. The molecule has 0 aromatic heterocycles. The molecule has 1 aliphatic carbocycles. The summed E-state index contributed by atoms with van der Waals surface area (Å²) < 4.78 is 0. The van der Waals surface area contributed by atoms with Gasteiger partial charge in [0.1, 0.15) is 6.17 Å². The molecule has 0 bridgehead atoms. The quantitative estimate of drug-likeness (QED) is 0.904. The first-order chi connectivity index (χ1) is 9.25. The highest BCUT2D eigenvalue weighted by Gasteiger charge is 2.38. The van der Waals surface area contributed by atoms with Gasteiger partial charge < -0.3 is 4.90 Å². The van der Waals surface area contributed by atoms with Crippen molar-refractivity contribution in [3.63, 3.8) is 0 Å². The lowest BCUT2D eigenvalue weighted by atomic mass is 10.1. The molecule has 1 saturated heterocycles. The summed E-state index contributed by atoms with van der Waals surface area (Å²) >= 11 is 0. The van der Waals surface area contributed by atoms with Crippen LogP contribution < -0.4 is 5.32 Å². The largest absolute Gasteiger partial charge is 0.321 e. The van der Waals surface area contributed by atoms with Crippen LogP contribution in [0.25, 0.3) is 0 Å². The average Bonchev–Trinajstić information content (AvgIpc) is 3.04. The number of nitrogens with zero attached hydrogens (tertiary/aromatic N) is 1. The molecule has 1 aromatic carbocycles. The molecule has 3 nitrogen and oxygen atoms in total. The first-order valence-electron chi connectivity index (χ1n) is 7.37. The molecule has 2 atom stereocenters. The molecule has 0 spiro atoms. The second-order valence-corrected chi connectivity index (χ2v) is 5.84. The fraction of sp³-hybridized carbons (Fsp3) is 0.562. The lowest BCUT2D eigenvalue weighted by Crippen LogP contribution is -2.34. The smallest absolute Gasteiger partial charge is 0.241 e. The minimum Gasteiger partial charge on any atom is -0.321 e. The van der Waals surface area contributed by atoms with Crippen molar-refractivity contribution in [2.45, 2.75) is 44.8 Å². The predicted molar refractivity (Wildman–Crippen MR) is 75.5 cm³/mol. The monoisotopic (exact) mass is 258 g/mol. The lowest BCUT2D eigenvalue weighted by molar-refractivity contribution is -0.130. The molecule has 2 aliphatic rings. The van der Waals surface area contributed by atoms with E-state index in [2.05, 4.69) is 22.3 Å². The van der Waals surface area contributed by atoms with Gasteiger partial charge in [-0.25, -0.2) is 0 Å².